The van der Waals surface area contributed by atoms with E-state index in [1.54, 1.807) is 7.05 Å². The lowest BCUT2D eigenvalue weighted by Crippen LogP contribution is -2.36. The minimum atomic E-state index is 0.705. The molecule has 4 nitrogen and oxygen atoms in total. The Bertz CT molecular complexity index is 665. The van der Waals surface area contributed by atoms with Crippen LogP contribution in [0.15, 0.2) is 53.5 Å². The number of rotatable bonds is 6. The van der Waals surface area contributed by atoms with Crippen LogP contribution in [0.4, 0.5) is 0 Å². The molecule has 0 aromatic heterocycles. The Balaban J connectivity index is 1.91. The maximum absolute atomic E-state index is 5.91. The van der Waals surface area contributed by atoms with Gasteiger partial charge in [-0.2, -0.15) is 0 Å². The van der Waals surface area contributed by atoms with Gasteiger partial charge in [0.15, 0.2) is 5.96 Å². The van der Waals surface area contributed by atoms with E-state index in [2.05, 4.69) is 58.9 Å². The van der Waals surface area contributed by atoms with Gasteiger partial charge in [0, 0.05) is 31.7 Å². The molecule has 0 bridgehead atoms. The van der Waals surface area contributed by atoms with Crippen molar-refractivity contribution >= 4 is 17.6 Å². The molecule has 2 aromatic carbocycles. The van der Waals surface area contributed by atoms with E-state index in [4.69, 9.17) is 11.6 Å². The Kier molecular flexibility index (Phi) is 7.09. The van der Waals surface area contributed by atoms with Crippen LogP contribution in [0, 0.1) is 0 Å². The molecule has 0 amide bonds. The summed E-state index contributed by atoms with van der Waals surface area (Å²) in [6.45, 7) is 2.37. The van der Waals surface area contributed by atoms with E-state index in [1.807, 2.05) is 24.3 Å². The average molecular weight is 345 g/mol. The van der Waals surface area contributed by atoms with Gasteiger partial charge in [-0.05, 0) is 42.9 Å². The van der Waals surface area contributed by atoms with E-state index in [1.165, 1.54) is 11.1 Å². The highest BCUT2D eigenvalue weighted by Gasteiger charge is 2.04. The first kappa shape index (κ1) is 18.3. The summed E-state index contributed by atoms with van der Waals surface area (Å²) >= 11 is 5.91. The predicted molar refractivity (Wildman–Crippen MR) is 102 cm³/mol. The lowest BCUT2D eigenvalue weighted by Gasteiger charge is -2.16. The molecule has 0 saturated carbocycles. The second-order valence-corrected chi connectivity index (χ2v) is 6.35. The number of hydrogen-bond acceptors (Lipinski definition) is 2. The fourth-order valence-corrected chi connectivity index (χ4v) is 2.54. The van der Waals surface area contributed by atoms with E-state index in [-0.39, 0.29) is 0 Å². The second-order valence-electron chi connectivity index (χ2n) is 5.91. The third-order valence-electron chi connectivity index (χ3n) is 3.65. The Morgan fingerprint density at radius 2 is 1.58 bits per heavy atom. The van der Waals surface area contributed by atoms with Crippen LogP contribution in [0.3, 0.4) is 0 Å². The Labute approximate surface area is 149 Å². The molecule has 0 aliphatic carbocycles. The summed E-state index contributed by atoms with van der Waals surface area (Å²) in [7, 11) is 5.94. The number of benzene rings is 2. The lowest BCUT2D eigenvalue weighted by atomic mass is 10.1. The van der Waals surface area contributed by atoms with E-state index in [0.29, 0.717) is 6.54 Å². The van der Waals surface area contributed by atoms with Crippen LogP contribution in [0.25, 0.3) is 0 Å². The minimum Gasteiger partial charge on any atom is -0.352 e. The number of hydrogen-bond donors (Lipinski definition) is 2. The van der Waals surface area contributed by atoms with Gasteiger partial charge in [-0.3, -0.25) is 4.99 Å². The summed E-state index contributed by atoms with van der Waals surface area (Å²) < 4.78 is 0. The Morgan fingerprint density at radius 1 is 0.958 bits per heavy atom. The molecule has 2 aromatic rings. The third-order valence-corrected chi connectivity index (χ3v) is 3.90. The van der Waals surface area contributed by atoms with E-state index < -0.39 is 0 Å². The third kappa shape index (κ3) is 5.87. The van der Waals surface area contributed by atoms with Gasteiger partial charge in [0.1, 0.15) is 0 Å². The van der Waals surface area contributed by atoms with Crippen LogP contribution in [0.1, 0.15) is 16.7 Å². The van der Waals surface area contributed by atoms with Crippen molar-refractivity contribution in [3.8, 4) is 0 Å². The first-order valence-corrected chi connectivity index (χ1v) is 8.36. The average Bonchev–Trinajstić information content (AvgIpc) is 2.57. The first-order chi connectivity index (χ1) is 11.6. The van der Waals surface area contributed by atoms with Crippen molar-refractivity contribution in [2.75, 3.05) is 21.1 Å². The van der Waals surface area contributed by atoms with Crippen LogP contribution in [-0.4, -0.2) is 32.0 Å². The molecule has 0 unspecified atom stereocenters. The van der Waals surface area contributed by atoms with Gasteiger partial charge in [-0.15, -0.1) is 0 Å². The summed E-state index contributed by atoms with van der Waals surface area (Å²) in [5.41, 5.74) is 3.76. The lowest BCUT2D eigenvalue weighted by molar-refractivity contribution is 0.400. The molecular formula is C19H25ClN4. The highest BCUT2D eigenvalue weighted by Crippen LogP contribution is 2.11. The maximum atomic E-state index is 5.91. The monoisotopic (exact) mass is 344 g/mol. The molecule has 128 valence electrons. The number of guanidine groups is 1. The zero-order valence-corrected chi connectivity index (χ0v) is 15.3. The topological polar surface area (TPSA) is 39.7 Å². The summed E-state index contributed by atoms with van der Waals surface area (Å²) in [4.78, 5) is 6.46. The Hall–Kier alpha value is -2.04. The summed E-state index contributed by atoms with van der Waals surface area (Å²) in [6, 6.07) is 16.3. The van der Waals surface area contributed by atoms with Crippen LogP contribution >= 0.6 is 11.6 Å². The molecule has 0 atom stereocenters. The molecule has 0 saturated heterocycles. The number of nitrogens with one attached hydrogen (secondary N) is 2. The van der Waals surface area contributed by atoms with Crippen molar-refractivity contribution in [2.45, 2.75) is 19.6 Å². The van der Waals surface area contributed by atoms with Crippen LogP contribution in [0.2, 0.25) is 5.02 Å². The van der Waals surface area contributed by atoms with Crippen LogP contribution in [-0.2, 0) is 19.6 Å². The predicted octanol–water partition coefficient (Wildman–Crippen LogP) is 3.27. The van der Waals surface area contributed by atoms with Crippen molar-refractivity contribution < 1.29 is 0 Å². The van der Waals surface area contributed by atoms with Gasteiger partial charge >= 0.3 is 0 Å². The summed E-state index contributed by atoms with van der Waals surface area (Å²) in [5.74, 6) is 0.782. The van der Waals surface area contributed by atoms with Gasteiger partial charge < -0.3 is 15.5 Å². The minimum absolute atomic E-state index is 0.705. The van der Waals surface area contributed by atoms with E-state index in [9.17, 15) is 0 Å². The van der Waals surface area contributed by atoms with Crippen molar-refractivity contribution in [3.05, 3.63) is 70.2 Å². The summed E-state index contributed by atoms with van der Waals surface area (Å²) in [5, 5.41) is 7.45. The van der Waals surface area contributed by atoms with Crippen LogP contribution < -0.4 is 10.6 Å². The molecule has 0 radical (unpaired) electrons. The number of halogens is 1. The molecule has 0 aliphatic rings. The summed E-state index contributed by atoms with van der Waals surface area (Å²) in [6.07, 6.45) is 0. The molecule has 0 spiro atoms. The maximum Gasteiger partial charge on any atom is 0.191 e. The van der Waals surface area contributed by atoms with Gasteiger partial charge in [-0.1, -0.05) is 48.0 Å². The molecular weight excluding hydrogens is 320 g/mol. The van der Waals surface area contributed by atoms with Crippen LogP contribution in [0.5, 0.6) is 0 Å². The van der Waals surface area contributed by atoms with Crippen molar-refractivity contribution in [1.29, 1.82) is 0 Å². The smallest absolute Gasteiger partial charge is 0.191 e. The quantitative estimate of drug-likeness (QED) is 0.624. The molecule has 2 rings (SSSR count). The van der Waals surface area contributed by atoms with Crippen molar-refractivity contribution in [3.63, 3.8) is 0 Å². The zero-order valence-electron chi connectivity index (χ0n) is 14.5. The Morgan fingerprint density at radius 3 is 2.21 bits per heavy atom. The molecule has 0 fully saturated rings. The fraction of sp³-hybridized carbons (Fsp3) is 0.316. The number of nitrogens with zero attached hydrogens (tertiary/aromatic N) is 2. The van der Waals surface area contributed by atoms with Gasteiger partial charge in [-0.25, -0.2) is 0 Å². The van der Waals surface area contributed by atoms with Crippen molar-refractivity contribution in [1.82, 2.24) is 15.5 Å². The second kappa shape index (κ2) is 9.30. The molecule has 0 aliphatic heterocycles. The zero-order chi connectivity index (χ0) is 17.4. The largest absolute Gasteiger partial charge is 0.352 e. The first-order valence-electron chi connectivity index (χ1n) is 7.99. The molecule has 0 heterocycles. The van der Waals surface area contributed by atoms with Gasteiger partial charge in [0.05, 0.1) is 0 Å². The highest BCUT2D eigenvalue weighted by molar-refractivity contribution is 6.30. The SMILES string of the molecule is CN=C(NCc1ccc(Cl)cc1)NCc1ccccc1CN(C)C. The normalized spacial score (nSPS) is 11.6. The van der Waals surface area contributed by atoms with E-state index in [0.717, 1.165) is 29.6 Å². The van der Waals surface area contributed by atoms with Crippen molar-refractivity contribution in [2.24, 2.45) is 4.99 Å². The molecule has 2 N–H and O–H groups in total. The highest BCUT2D eigenvalue weighted by atomic mass is 35.5. The van der Waals surface area contributed by atoms with Gasteiger partial charge in [0.2, 0.25) is 0 Å². The fourth-order valence-electron chi connectivity index (χ4n) is 2.41. The standard InChI is InChI=1S/C19H25ClN4/c1-21-19(22-12-15-8-10-18(20)11-9-15)23-13-16-6-4-5-7-17(16)14-24(2)3/h4-11H,12-14H2,1-3H3,(H2,21,22,23). The molecule has 5 heteroatoms. The van der Waals surface area contributed by atoms with Gasteiger partial charge in [0.25, 0.3) is 0 Å². The number of aliphatic imine (C=N–C) groups is 1. The molecule has 24 heavy (non-hydrogen) atoms. The van der Waals surface area contributed by atoms with E-state index >= 15 is 0 Å².